The van der Waals surface area contributed by atoms with Gasteiger partial charge in [-0.05, 0) is 24.6 Å². The Morgan fingerprint density at radius 3 is 2.74 bits per heavy atom. The average Bonchev–Trinajstić information content (AvgIpc) is 3.65. The van der Waals surface area contributed by atoms with Crippen LogP contribution in [0.25, 0.3) is 55.2 Å². The minimum Gasteiger partial charge on any atom is -0.335 e. The Morgan fingerprint density at radius 1 is 1.05 bits per heavy atom. The van der Waals surface area contributed by atoms with E-state index in [1.54, 1.807) is 24.5 Å². The van der Waals surface area contributed by atoms with Crippen LogP contribution in [0.5, 0.6) is 0 Å². The second-order valence-corrected chi connectivity index (χ2v) is 9.70. The second kappa shape index (κ2) is 9.71. The molecule has 0 aliphatic carbocycles. The lowest BCUT2D eigenvalue weighted by molar-refractivity contribution is -0.116. The van der Waals surface area contributed by atoms with Crippen LogP contribution in [-0.4, -0.2) is 41.0 Å². The third kappa shape index (κ3) is 4.28. The van der Waals surface area contributed by atoms with Gasteiger partial charge in [-0.2, -0.15) is 9.49 Å². The van der Waals surface area contributed by atoms with Crippen LogP contribution >= 0.6 is 11.3 Å². The van der Waals surface area contributed by atoms with Gasteiger partial charge >= 0.3 is 0 Å². The maximum atomic E-state index is 16.0. The summed E-state index contributed by atoms with van der Waals surface area (Å²) in [7, 11) is 0. The molecule has 6 heterocycles. The number of nitrogens with one attached hydrogen (secondary N) is 3. The first-order valence-corrected chi connectivity index (χ1v) is 12.7. The molecule has 12 heteroatoms. The predicted octanol–water partition coefficient (Wildman–Crippen LogP) is 6.09. The maximum Gasteiger partial charge on any atom is 0.224 e. The number of hydrogen-bond acceptors (Lipinski definition) is 7. The molecule has 0 bridgehead atoms. The summed E-state index contributed by atoms with van der Waals surface area (Å²) in [5.74, 6) is -0.416. The molecule has 38 heavy (non-hydrogen) atoms. The smallest absolute Gasteiger partial charge is 0.224 e. The average molecular weight is 531 g/mol. The molecule has 0 saturated carbocycles. The molecule has 0 aliphatic heterocycles. The topological polar surface area (TPSA) is 125 Å². The molecule has 3 N–H and O–H groups in total. The van der Waals surface area contributed by atoms with Crippen LogP contribution in [0, 0.1) is 10.9 Å². The summed E-state index contributed by atoms with van der Waals surface area (Å²) >= 11 is 0.993. The number of rotatable bonds is 7. The molecule has 0 aromatic carbocycles. The standard InChI is InChI=1S/C26H20F2N8OS/c1-2-3-4-20(37)32-14-7-13(8-29-9-14)23-22(28)21-16(12-31-23)35-36-25(21)26-33-17-11-30-10-15(24(17)34-26)18-5-6-19(27)38-18/h5-12H,2-4H2,1H3,(H,32,37)(H,33,34)(H,35,36). The van der Waals surface area contributed by atoms with Crippen molar-refractivity contribution < 1.29 is 13.6 Å². The molecule has 0 aliphatic rings. The Labute approximate surface area is 218 Å². The Balaban J connectivity index is 1.41. The highest BCUT2D eigenvalue weighted by molar-refractivity contribution is 7.14. The first kappa shape index (κ1) is 23.8. The van der Waals surface area contributed by atoms with Crippen molar-refractivity contribution in [2.24, 2.45) is 0 Å². The molecule has 0 unspecified atom stereocenters. The molecule has 0 spiro atoms. The summed E-state index contributed by atoms with van der Waals surface area (Å²) in [6.07, 6.45) is 9.77. The number of imidazole rings is 1. The summed E-state index contributed by atoms with van der Waals surface area (Å²) < 4.78 is 29.6. The summed E-state index contributed by atoms with van der Waals surface area (Å²) in [5.41, 5.74) is 3.40. The number of anilines is 1. The maximum absolute atomic E-state index is 16.0. The van der Waals surface area contributed by atoms with Crippen molar-refractivity contribution in [1.29, 1.82) is 0 Å². The van der Waals surface area contributed by atoms with Crippen LogP contribution in [0.15, 0.2) is 49.2 Å². The van der Waals surface area contributed by atoms with Crippen LogP contribution in [0.4, 0.5) is 14.5 Å². The molecule has 190 valence electrons. The number of pyridine rings is 3. The van der Waals surface area contributed by atoms with Crippen molar-refractivity contribution in [2.45, 2.75) is 26.2 Å². The number of unbranched alkanes of at least 4 members (excludes halogenated alkanes) is 1. The van der Waals surface area contributed by atoms with Crippen LogP contribution in [0.3, 0.4) is 0 Å². The largest absolute Gasteiger partial charge is 0.335 e. The van der Waals surface area contributed by atoms with Gasteiger partial charge in [0.2, 0.25) is 5.91 Å². The van der Waals surface area contributed by atoms with Crippen LogP contribution < -0.4 is 5.32 Å². The quantitative estimate of drug-likeness (QED) is 0.229. The van der Waals surface area contributed by atoms with Crippen molar-refractivity contribution in [3.8, 4) is 33.2 Å². The number of aromatic nitrogens is 7. The number of aromatic amines is 2. The number of thiophene rings is 1. The van der Waals surface area contributed by atoms with Crippen molar-refractivity contribution >= 4 is 44.9 Å². The lowest BCUT2D eigenvalue weighted by atomic mass is 10.1. The van der Waals surface area contributed by atoms with E-state index in [0.29, 0.717) is 50.5 Å². The normalized spacial score (nSPS) is 11.4. The van der Waals surface area contributed by atoms with E-state index < -0.39 is 5.82 Å². The van der Waals surface area contributed by atoms with E-state index in [9.17, 15) is 9.18 Å². The molecule has 0 saturated heterocycles. The number of nitrogens with zero attached hydrogens (tertiary/aromatic N) is 5. The molecule has 0 atom stereocenters. The van der Waals surface area contributed by atoms with Crippen LogP contribution in [0.1, 0.15) is 26.2 Å². The zero-order valence-electron chi connectivity index (χ0n) is 20.0. The Kier molecular flexibility index (Phi) is 6.08. The monoisotopic (exact) mass is 530 g/mol. The predicted molar refractivity (Wildman–Crippen MR) is 141 cm³/mol. The first-order chi connectivity index (χ1) is 18.5. The van der Waals surface area contributed by atoms with E-state index in [-0.39, 0.29) is 27.8 Å². The van der Waals surface area contributed by atoms with E-state index >= 15 is 4.39 Å². The number of carbonyl (C=O) groups is 1. The summed E-state index contributed by atoms with van der Waals surface area (Å²) in [5, 5.41) is 9.79. The van der Waals surface area contributed by atoms with E-state index in [1.165, 1.54) is 24.7 Å². The molecule has 6 aromatic heterocycles. The fourth-order valence-electron chi connectivity index (χ4n) is 4.23. The minimum atomic E-state index is -0.610. The third-order valence-electron chi connectivity index (χ3n) is 6.05. The number of hydrogen-bond donors (Lipinski definition) is 3. The zero-order valence-corrected chi connectivity index (χ0v) is 20.9. The SMILES string of the molecule is CCCCC(=O)Nc1cncc(-c2ncc3[nH]nc(-c4nc5c(-c6ccc(F)s6)cncc5[nH]4)c3c2F)c1. The highest BCUT2D eigenvalue weighted by Gasteiger charge is 2.22. The van der Waals surface area contributed by atoms with Crippen molar-refractivity contribution in [3.05, 3.63) is 60.1 Å². The van der Waals surface area contributed by atoms with Gasteiger partial charge in [-0.1, -0.05) is 13.3 Å². The van der Waals surface area contributed by atoms with Crippen molar-refractivity contribution in [3.63, 3.8) is 0 Å². The Morgan fingerprint density at radius 2 is 1.92 bits per heavy atom. The number of halogens is 2. The van der Waals surface area contributed by atoms with Gasteiger partial charge < -0.3 is 10.3 Å². The van der Waals surface area contributed by atoms with Crippen LogP contribution in [-0.2, 0) is 4.79 Å². The van der Waals surface area contributed by atoms with E-state index in [1.807, 2.05) is 6.92 Å². The molecule has 0 radical (unpaired) electrons. The number of H-pyrrole nitrogens is 2. The highest BCUT2D eigenvalue weighted by atomic mass is 32.1. The molecule has 1 amide bonds. The Hall–Kier alpha value is -4.58. The molecule has 6 aromatic rings. The van der Waals surface area contributed by atoms with Crippen molar-refractivity contribution in [1.82, 2.24) is 35.1 Å². The van der Waals surface area contributed by atoms with Gasteiger partial charge in [0.1, 0.15) is 16.9 Å². The Bertz CT molecular complexity index is 1810. The van der Waals surface area contributed by atoms with Gasteiger partial charge in [-0.15, -0.1) is 11.3 Å². The van der Waals surface area contributed by atoms with Gasteiger partial charge in [0.25, 0.3) is 0 Å². The first-order valence-electron chi connectivity index (χ1n) is 11.9. The number of amides is 1. The number of carbonyl (C=O) groups excluding carboxylic acids is 1. The van der Waals surface area contributed by atoms with Gasteiger partial charge in [0.05, 0.1) is 40.7 Å². The van der Waals surface area contributed by atoms with Gasteiger partial charge in [-0.3, -0.25) is 24.8 Å². The van der Waals surface area contributed by atoms with E-state index in [0.717, 1.165) is 24.2 Å². The van der Waals surface area contributed by atoms with E-state index in [4.69, 9.17) is 0 Å². The second-order valence-electron chi connectivity index (χ2n) is 8.67. The summed E-state index contributed by atoms with van der Waals surface area (Å²) in [6, 6.07) is 4.69. The fraction of sp³-hybridized carbons (Fsp3) is 0.154. The molecule has 6 rings (SSSR count). The minimum absolute atomic E-state index is 0.0600. The highest BCUT2D eigenvalue weighted by Crippen LogP contribution is 2.35. The van der Waals surface area contributed by atoms with Crippen LogP contribution in [0.2, 0.25) is 0 Å². The van der Waals surface area contributed by atoms with Gasteiger partial charge in [-0.25, -0.2) is 9.37 Å². The lowest BCUT2D eigenvalue weighted by Crippen LogP contribution is -2.11. The summed E-state index contributed by atoms with van der Waals surface area (Å²) in [6.45, 7) is 2.01. The van der Waals surface area contributed by atoms with Gasteiger partial charge in [0.15, 0.2) is 16.8 Å². The molecular weight excluding hydrogens is 510 g/mol. The van der Waals surface area contributed by atoms with Crippen molar-refractivity contribution in [2.75, 3.05) is 5.32 Å². The molecule has 0 fully saturated rings. The van der Waals surface area contributed by atoms with E-state index in [2.05, 4.69) is 40.4 Å². The molecule has 9 nitrogen and oxygen atoms in total. The van der Waals surface area contributed by atoms with Gasteiger partial charge in [0, 0.05) is 34.8 Å². The lowest BCUT2D eigenvalue weighted by Gasteiger charge is -2.08. The third-order valence-corrected chi connectivity index (χ3v) is 6.96. The number of fused-ring (bicyclic) bond motifs is 2. The molecular formula is C26H20F2N8OS. The summed E-state index contributed by atoms with van der Waals surface area (Å²) in [4.78, 5) is 33.3. The fourth-order valence-corrected chi connectivity index (χ4v) is 4.97. The zero-order chi connectivity index (χ0) is 26.2.